The van der Waals surface area contributed by atoms with Crippen LogP contribution in [-0.2, 0) is 0 Å². The third-order valence-corrected chi connectivity index (χ3v) is 7.60. The van der Waals surface area contributed by atoms with Crippen LogP contribution in [0.3, 0.4) is 0 Å². The van der Waals surface area contributed by atoms with Crippen molar-refractivity contribution in [2.75, 3.05) is 0 Å². The van der Waals surface area contributed by atoms with Crippen molar-refractivity contribution < 1.29 is 0 Å². The van der Waals surface area contributed by atoms with Crippen LogP contribution < -0.4 is 0 Å². The summed E-state index contributed by atoms with van der Waals surface area (Å²) in [4.78, 5) is 0. The minimum absolute atomic E-state index is 0.660. The van der Waals surface area contributed by atoms with Crippen molar-refractivity contribution in [3.8, 4) is 12.1 Å². The number of hydrogen-bond donors (Lipinski definition) is 0. The molecule has 0 aliphatic heterocycles. The van der Waals surface area contributed by atoms with Crippen LogP contribution in [0.25, 0.3) is 0 Å². The second-order valence-corrected chi connectivity index (χ2v) is 12.6. The van der Waals surface area contributed by atoms with Crippen LogP contribution in [0.4, 0.5) is 0 Å². The molecule has 0 rings (SSSR count). The van der Waals surface area contributed by atoms with Gasteiger partial charge in [0.1, 0.15) is 0 Å². The quantitative estimate of drug-likeness (QED) is 0.257. The average Bonchev–Trinajstić information content (AvgIpc) is 2.38. The van der Waals surface area contributed by atoms with Gasteiger partial charge in [-0.25, -0.2) is 0 Å². The number of unbranched alkanes of at least 4 members (excludes halogenated alkanes) is 8. The van der Waals surface area contributed by atoms with Crippen molar-refractivity contribution in [3.05, 3.63) is 0 Å². The van der Waals surface area contributed by atoms with E-state index in [-0.39, 0.29) is 0 Å². The molecular weight excluding hydrogens is 295 g/mol. The fourth-order valence-electron chi connectivity index (χ4n) is 2.01. The summed E-state index contributed by atoms with van der Waals surface area (Å²) in [6, 6.07) is 6.27. The van der Waals surface area contributed by atoms with Crippen molar-refractivity contribution in [3.63, 3.8) is 0 Å². The monoisotopic (exact) mass is 318 g/mol. The molecule has 0 bridgehead atoms. The van der Waals surface area contributed by atoms with Crippen LogP contribution in [0, 0.1) is 22.7 Å². The van der Waals surface area contributed by atoms with Gasteiger partial charge in [-0.15, -0.1) is 22.2 Å². The maximum Gasteiger partial charge on any atom is 0.251 e. The first-order chi connectivity index (χ1) is 9.12. The van der Waals surface area contributed by atoms with E-state index >= 15 is 0 Å². The lowest BCUT2D eigenvalue weighted by Crippen LogP contribution is -2.18. The van der Waals surface area contributed by atoms with Gasteiger partial charge in [0.05, 0.1) is 12.1 Å². The van der Waals surface area contributed by atoms with Crippen LogP contribution >= 0.6 is 22.2 Å². The Balaban J connectivity index is 3.42. The van der Waals surface area contributed by atoms with E-state index in [9.17, 15) is 0 Å². The molecule has 0 aromatic rings. The first kappa shape index (κ1) is 18.8. The SMILES string of the molecule is N#CCCCCCC[Si](Cl)(Cl)CCCCCCC#N. The topological polar surface area (TPSA) is 47.6 Å². The molecule has 0 unspecified atom stereocenters. The van der Waals surface area contributed by atoms with Gasteiger partial charge in [-0.2, -0.15) is 10.5 Å². The summed E-state index contributed by atoms with van der Waals surface area (Å²) >= 11 is 12.8. The Kier molecular flexibility index (Phi) is 12.6. The van der Waals surface area contributed by atoms with Crippen LogP contribution in [0.1, 0.15) is 64.2 Å². The molecule has 0 saturated carbocycles. The van der Waals surface area contributed by atoms with E-state index in [1.54, 1.807) is 0 Å². The molecule has 0 radical (unpaired) electrons. The predicted molar refractivity (Wildman–Crippen MR) is 84.5 cm³/mol. The summed E-state index contributed by atoms with van der Waals surface area (Å²) in [5, 5.41) is 16.8. The standard InChI is InChI=1S/C14H24Cl2N2Si/c15-19(16,13-9-5-1-3-7-11-17)14-10-6-2-4-8-12-18/h1-10,13-14H2. The van der Waals surface area contributed by atoms with E-state index in [4.69, 9.17) is 32.7 Å². The number of nitriles is 2. The minimum atomic E-state index is -2.03. The Morgan fingerprint density at radius 3 is 1.37 bits per heavy atom. The highest BCUT2D eigenvalue weighted by Gasteiger charge is 2.26. The molecule has 0 aromatic carbocycles. The van der Waals surface area contributed by atoms with E-state index in [0.29, 0.717) is 12.8 Å². The molecule has 19 heavy (non-hydrogen) atoms. The number of rotatable bonds is 12. The summed E-state index contributed by atoms with van der Waals surface area (Å²) in [6.45, 7) is -2.03. The molecule has 0 atom stereocenters. The molecule has 2 nitrogen and oxygen atoms in total. The zero-order chi connectivity index (χ0) is 14.4. The molecule has 0 aliphatic carbocycles. The van der Waals surface area contributed by atoms with Gasteiger partial charge >= 0.3 is 0 Å². The molecule has 0 aliphatic rings. The third kappa shape index (κ3) is 14.0. The van der Waals surface area contributed by atoms with E-state index in [1.165, 1.54) is 0 Å². The van der Waals surface area contributed by atoms with Gasteiger partial charge in [0.25, 0.3) is 6.69 Å². The largest absolute Gasteiger partial charge is 0.251 e. The normalized spacial score (nSPS) is 10.9. The average molecular weight is 319 g/mol. The fourth-order valence-corrected chi connectivity index (χ4v) is 5.40. The molecule has 0 aromatic heterocycles. The molecule has 5 heteroatoms. The van der Waals surface area contributed by atoms with Crippen molar-refractivity contribution in [2.24, 2.45) is 0 Å². The third-order valence-electron chi connectivity index (χ3n) is 3.16. The van der Waals surface area contributed by atoms with Crippen molar-refractivity contribution >= 4 is 28.9 Å². The lowest BCUT2D eigenvalue weighted by Gasteiger charge is -2.16. The van der Waals surface area contributed by atoms with E-state index in [1.807, 2.05) is 0 Å². The van der Waals surface area contributed by atoms with E-state index in [2.05, 4.69) is 12.1 Å². The zero-order valence-corrected chi connectivity index (χ0v) is 14.1. The minimum Gasteiger partial charge on any atom is -0.198 e. The zero-order valence-electron chi connectivity index (χ0n) is 11.6. The van der Waals surface area contributed by atoms with Gasteiger partial charge in [-0.05, 0) is 24.9 Å². The Morgan fingerprint density at radius 1 is 0.632 bits per heavy atom. The number of hydrogen-bond acceptors (Lipinski definition) is 2. The summed E-state index contributed by atoms with van der Waals surface area (Å²) in [7, 11) is 0. The van der Waals surface area contributed by atoms with Crippen LogP contribution in [-0.4, -0.2) is 6.69 Å². The van der Waals surface area contributed by atoms with Crippen LogP contribution in [0.15, 0.2) is 0 Å². The Bertz CT molecular complexity index is 267. The molecule has 0 saturated heterocycles. The van der Waals surface area contributed by atoms with Crippen LogP contribution in [0.5, 0.6) is 0 Å². The fraction of sp³-hybridized carbons (Fsp3) is 0.857. The van der Waals surface area contributed by atoms with Gasteiger partial charge in [0.15, 0.2) is 0 Å². The molecule has 0 amide bonds. The predicted octanol–water partition coefficient (Wildman–Crippen LogP) is 5.85. The van der Waals surface area contributed by atoms with Gasteiger partial charge in [-0.1, -0.05) is 38.5 Å². The van der Waals surface area contributed by atoms with Gasteiger partial charge in [0, 0.05) is 12.8 Å². The highest BCUT2D eigenvalue weighted by Crippen LogP contribution is 2.30. The number of nitrogens with zero attached hydrogens (tertiary/aromatic N) is 2. The first-order valence-electron chi connectivity index (χ1n) is 7.24. The first-order valence-corrected chi connectivity index (χ1v) is 11.7. The number of halogens is 2. The summed E-state index contributed by atoms with van der Waals surface area (Å²) in [6.07, 6.45) is 10.00. The molecule has 0 N–H and O–H groups in total. The highest BCUT2D eigenvalue weighted by atomic mass is 35.7. The second-order valence-electron chi connectivity index (χ2n) is 5.00. The Labute approximate surface area is 128 Å². The van der Waals surface area contributed by atoms with Crippen LogP contribution in [0.2, 0.25) is 12.1 Å². The smallest absolute Gasteiger partial charge is 0.198 e. The Morgan fingerprint density at radius 2 is 1.00 bits per heavy atom. The highest BCUT2D eigenvalue weighted by molar-refractivity contribution is 7.45. The molecule has 0 fully saturated rings. The van der Waals surface area contributed by atoms with Crippen molar-refractivity contribution in [1.29, 1.82) is 10.5 Å². The molecule has 108 valence electrons. The lowest BCUT2D eigenvalue weighted by atomic mass is 10.2. The second kappa shape index (κ2) is 12.8. The van der Waals surface area contributed by atoms with E-state index < -0.39 is 6.69 Å². The molecule has 0 spiro atoms. The van der Waals surface area contributed by atoms with Gasteiger partial charge < -0.3 is 0 Å². The van der Waals surface area contributed by atoms with Gasteiger partial charge in [-0.3, -0.25) is 0 Å². The van der Waals surface area contributed by atoms with Gasteiger partial charge in [0.2, 0.25) is 0 Å². The summed E-state index contributed by atoms with van der Waals surface area (Å²) in [5.41, 5.74) is 0. The molecule has 0 heterocycles. The maximum absolute atomic E-state index is 8.42. The van der Waals surface area contributed by atoms with Crippen molar-refractivity contribution in [2.45, 2.75) is 76.3 Å². The lowest BCUT2D eigenvalue weighted by molar-refractivity contribution is 0.665. The van der Waals surface area contributed by atoms with E-state index in [0.717, 1.165) is 63.5 Å². The summed E-state index contributed by atoms with van der Waals surface area (Å²) in [5.74, 6) is 0. The summed E-state index contributed by atoms with van der Waals surface area (Å²) < 4.78 is 0. The molecular formula is C14H24Cl2N2Si. The maximum atomic E-state index is 8.42. The Hall–Kier alpha value is -0.223. The van der Waals surface area contributed by atoms with Crippen molar-refractivity contribution in [1.82, 2.24) is 0 Å².